The summed E-state index contributed by atoms with van der Waals surface area (Å²) in [4.78, 5) is 15.2. The molecule has 7 nitrogen and oxygen atoms in total. The summed E-state index contributed by atoms with van der Waals surface area (Å²) in [6, 6.07) is 15.0. The first-order chi connectivity index (χ1) is 15.0. The molecule has 2 aromatic rings. The van der Waals surface area contributed by atoms with E-state index in [-0.39, 0.29) is 5.91 Å². The number of carbonyl (C=O) groups is 1. The van der Waals surface area contributed by atoms with Crippen LogP contribution in [0.4, 0.5) is 0 Å². The predicted molar refractivity (Wildman–Crippen MR) is 121 cm³/mol. The van der Waals surface area contributed by atoms with Crippen molar-refractivity contribution in [1.82, 2.24) is 9.21 Å². The Morgan fingerprint density at radius 3 is 2.42 bits per heavy atom. The molecule has 1 fully saturated rings. The highest BCUT2D eigenvalue weighted by molar-refractivity contribution is 8.00. The largest absolute Gasteiger partial charge is 0.486 e. The predicted octanol–water partition coefficient (Wildman–Crippen LogP) is 2.69. The molecule has 2 aromatic carbocycles. The van der Waals surface area contributed by atoms with Crippen LogP contribution in [0.15, 0.2) is 58.8 Å². The number of piperazine rings is 1. The molecule has 2 aliphatic heterocycles. The molecular weight excluding hydrogens is 436 g/mol. The second-order valence-corrected chi connectivity index (χ2v) is 10.00. The lowest BCUT2D eigenvalue weighted by Gasteiger charge is -2.33. The van der Waals surface area contributed by atoms with E-state index in [2.05, 4.69) is 0 Å². The van der Waals surface area contributed by atoms with E-state index in [1.807, 2.05) is 48.5 Å². The highest BCUT2D eigenvalue weighted by Gasteiger charge is 2.27. The molecule has 0 aromatic heterocycles. The Balaban J connectivity index is 1.27. The molecule has 0 unspecified atom stereocenters. The van der Waals surface area contributed by atoms with Gasteiger partial charge < -0.3 is 14.4 Å². The third-order valence-corrected chi connectivity index (χ3v) is 7.60. The topological polar surface area (TPSA) is 76.2 Å². The van der Waals surface area contributed by atoms with Gasteiger partial charge in [0.05, 0.1) is 5.75 Å². The maximum atomic E-state index is 12.6. The third kappa shape index (κ3) is 5.61. The Labute approximate surface area is 186 Å². The van der Waals surface area contributed by atoms with Crippen LogP contribution in [0.3, 0.4) is 0 Å². The summed E-state index contributed by atoms with van der Waals surface area (Å²) in [5.74, 6) is 1.71. The molecule has 1 amide bonds. The average Bonchev–Trinajstić information content (AvgIpc) is 2.82. The van der Waals surface area contributed by atoms with Crippen molar-refractivity contribution in [3.8, 4) is 11.5 Å². The molecule has 0 spiro atoms. The summed E-state index contributed by atoms with van der Waals surface area (Å²) in [7, 11) is -3.51. The van der Waals surface area contributed by atoms with Gasteiger partial charge in [-0.25, -0.2) is 8.42 Å². The van der Waals surface area contributed by atoms with Crippen LogP contribution >= 0.6 is 11.8 Å². The van der Waals surface area contributed by atoms with Crippen LogP contribution in [0.2, 0.25) is 0 Å². The Morgan fingerprint density at radius 1 is 0.968 bits per heavy atom. The molecule has 1 saturated heterocycles. The lowest BCUT2D eigenvalue weighted by Crippen LogP contribution is -2.50. The zero-order valence-electron chi connectivity index (χ0n) is 17.0. The number of hydrogen-bond donors (Lipinski definition) is 0. The number of hydrogen-bond acceptors (Lipinski definition) is 6. The van der Waals surface area contributed by atoms with E-state index >= 15 is 0 Å². The highest BCUT2D eigenvalue weighted by Crippen LogP contribution is 2.34. The maximum Gasteiger partial charge on any atom is 0.236 e. The quantitative estimate of drug-likeness (QED) is 0.617. The monoisotopic (exact) mass is 460 g/mol. The van der Waals surface area contributed by atoms with Crippen molar-refractivity contribution in [1.29, 1.82) is 0 Å². The van der Waals surface area contributed by atoms with Crippen LogP contribution in [0.5, 0.6) is 11.5 Å². The second kappa shape index (κ2) is 9.76. The summed E-state index contributed by atoms with van der Waals surface area (Å²) in [5, 5.41) is 1.23. The zero-order chi connectivity index (χ0) is 21.7. The number of nitrogens with zero attached hydrogens (tertiary/aromatic N) is 2. The minimum Gasteiger partial charge on any atom is -0.486 e. The Morgan fingerprint density at radius 2 is 1.68 bits per heavy atom. The Hall–Kier alpha value is -2.49. The number of thioether (sulfide) groups is 1. The van der Waals surface area contributed by atoms with Gasteiger partial charge in [-0.15, -0.1) is 11.8 Å². The number of carbonyl (C=O) groups excluding carboxylic acids is 1. The smallest absolute Gasteiger partial charge is 0.236 e. The minimum absolute atomic E-state index is 0.00300. The minimum atomic E-state index is -3.51. The fourth-order valence-electron chi connectivity index (χ4n) is 3.36. The van der Waals surface area contributed by atoms with Crippen molar-refractivity contribution in [2.45, 2.75) is 4.90 Å². The molecule has 0 bridgehead atoms. The van der Waals surface area contributed by atoms with E-state index in [0.29, 0.717) is 50.9 Å². The first kappa shape index (κ1) is 21.7. The van der Waals surface area contributed by atoms with Gasteiger partial charge in [0.2, 0.25) is 15.9 Å². The van der Waals surface area contributed by atoms with Crippen LogP contribution in [0.1, 0.15) is 5.56 Å². The van der Waals surface area contributed by atoms with E-state index in [1.165, 1.54) is 21.5 Å². The molecule has 31 heavy (non-hydrogen) atoms. The average molecular weight is 461 g/mol. The van der Waals surface area contributed by atoms with Gasteiger partial charge in [0.1, 0.15) is 13.2 Å². The molecular formula is C22H24N2O5S2. The van der Waals surface area contributed by atoms with E-state index in [4.69, 9.17) is 9.47 Å². The van der Waals surface area contributed by atoms with Gasteiger partial charge in [0, 0.05) is 36.5 Å². The Bertz CT molecular complexity index is 1050. The molecule has 0 atom stereocenters. The molecule has 0 radical (unpaired) electrons. The van der Waals surface area contributed by atoms with Crippen molar-refractivity contribution in [2.75, 3.05) is 45.1 Å². The van der Waals surface area contributed by atoms with Crippen molar-refractivity contribution >= 4 is 33.8 Å². The third-order valence-electron chi connectivity index (χ3n) is 5.06. The summed E-state index contributed by atoms with van der Waals surface area (Å²) in [6.07, 6.45) is 1.59. The van der Waals surface area contributed by atoms with E-state index in [0.717, 1.165) is 16.2 Å². The molecule has 4 rings (SSSR count). The molecule has 0 N–H and O–H groups in total. The summed E-state index contributed by atoms with van der Waals surface area (Å²) >= 11 is 1.44. The van der Waals surface area contributed by atoms with Gasteiger partial charge in [0.15, 0.2) is 11.5 Å². The first-order valence-electron chi connectivity index (χ1n) is 10.0. The van der Waals surface area contributed by atoms with Crippen LogP contribution in [-0.2, 0) is 14.8 Å². The molecule has 0 aliphatic carbocycles. The fourth-order valence-corrected chi connectivity index (χ4v) is 5.36. The molecule has 164 valence electrons. The van der Waals surface area contributed by atoms with Crippen molar-refractivity contribution < 1.29 is 22.7 Å². The van der Waals surface area contributed by atoms with Crippen LogP contribution in [-0.4, -0.2) is 68.7 Å². The lowest BCUT2D eigenvalue weighted by molar-refractivity contribution is -0.129. The van der Waals surface area contributed by atoms with Crippen molar-refractivity contribution in [2.24, 2.45) is 0 Å². The van der Waals surface area contributed by atoms with Crippen molar-refractivity contribution in [3.05, 3.63) is 59.5 Å². The van der Waals surface area contributed by atoms with Crippen molar-refractivity contribution in [3.63, 3.8) is 0 Å². The number of benzene rings is 2. The number of rotatable bonds is 6. The summed E-state index contributed by atoms with van der Waals surface area (Å²) < 4.78 is 37.7. The standard InChI is InChI=1S/C22H24N2O5S2/c25-22(17-30-19-6-7-20-21(16-19)29-14-13-28-20)23-9-11-24(12-10-23)31(26,27)15-8-18-4-2-1-3-5-18/h1-8,15-16H,9-14,17H2/b15-8+. The lowest BCUT2D eigenvalue weighted by atomic mass is 10.2. The normalized spacial score (nSPS) is 17.1. The maximum absolute atomic E-state index is 12.6. The van der Waals surface area contributed by atoms with E-state index in [9.17, 15) is 13.2 Å². The molecule has 9 heteroatoms. The Kier molecular flexibility index (Phi) is 6.84. The number of sulfonamides is 1. The van der Waals surface area contributed by atoms with E-state index in [1.54, 1.807) is 11.0 Å². The van der Waals surface area contributed by atoms with Crippen LogP contribution < -0.4 is 9.47 Å². The summed E-state index contributed by atoms with van der Waals surface area (Å²) in [6.45, 7) is 2.43. The van der Waals surface area contributed by atoms with Gasteiger partial charge in [-0.3, -0.25) is 4.79 Å². The summed E-state index contributed by atoms with van der Waals surface area (Å²) in [5.41, 5.74) is 0.830. The van der Waals surface area contributed by atoms with Crippen LogP contribution in [0, 0.1) is 0 Å². The van der Waals surface area contributed by atoms with Gasteiger partial charge in [-0.05, 0) is 29.8 Å². The fraction of sp³-hybridized carbons (Fsp3) is 0.318. The number of ether oxygens (including phenoxy) is 2. The van der Waals surface area contributed by atoms with Crippen LogP contribution in [0.25, 0.3) is 6.08 Å². The second-order valence-electron chi connectivity index (χ2n) is 7.13. The molecule has 2 heterocycles. The van der Waals surface area contributed by atoms with Gasteiger partial charge in [-0.2, -0.15) is 4.31 Å². The molecule has 0 saturated carbocycles. The van der Waals surface area contributed by atoms with Gasteiger partial charge >= 0.3 is 0 Å². The zero-order valence-corrected chi connectivity index (χ0v) is 18.6. The first-order valence-corrected chi connectivity index (χ1v) is 12.5. The highest BCUT2D eigenvalue weighted by atomic mass is 32.2. The number of fused-ring (bicyclic) bond motifs is 1. The van der Waals surface area contributed by atoms with E-state index < -0.39 is 10.0 Å². The van der Waals surface area contributed by atoms with Gasteiger partial charge in [0.25, 0.3) is 0 Å². The SMILES string of the molecule is O=C(CSc1ccc2c(c1)OCCO2)N1CCN(S(=O)(=O)/C=C/c2ccccc2)CC1. The van der Waals surface area contributed by atoms with Gasteiger partial charge in [-0.1, -0.05) is 30.3 Å². The molecule has 2 aliphatic rings. The number of amides is 1.